The number of aromatic nitrogens is 1. The summed E-state index contributed by atoms with van der Waals surface area (Å²) in [5, 5.41) is 3.04. The van der Waals surface area contributed by atoms with Crippen LogP contribution in [-0.4, -0.2) is 46.9 Å². The number of nitrogens with zero attached hydrogens (tertiary/aromatic N) is 3. The van der Waals surface area contributed by atoms with Gasteiger partial charge in [0.15, 0.2) is 0 Å². The van der Waals surface area contributed by atoms with Crippen molar-refractivity contribution in [1.82, 2.24) is 14.8 Å². The first-order chi connectivity index (χ1) is 15.8. The van der Waals surface area contributed by atoms with Crippen LogP contribution in [0.3, 0.4) is 0 Å². The molecule has 0 spiro atoms. The zero-order valence-electron chi connectivity index (χ0n) is 17.8. The third-order valence-corrected chi connectivity index (χ3v) is 7.74. The molecule has 0 aliphatic carbocycles. The van der Waals surface area contributed by atoms with Crippen LogP contribution in [0.4, 0.5) is 0 Å². The van der Waals surface area contributed by atoms with Crippen LogP contribution in [-0.2, 0) is 17.8 Å². The Kier molecular flexibility index (Phi) is 6.44. The van der Waals surface area contributed by atoms with Crippen molar-refractivity contribution in [3.05, 3.63) is 88.6 Å². The molecule has 0 saturated carbocycles. The molecule has 2 aromatic carbocycles. The first-order valence-corrected chi connectivity index (χ1v) is 12.6. The molecule has 0 N–H and O–H groups in total. The highest BCUT2D eigenvalue weighted by atomic mass is 32.1. The highest BCUT2D eigenvalue weighted by Gasteiger charge is 2.24. The Balaban J connectivity index is 1.27. The van der Waals surface area contributed by atoms with E-state index < -0.39 is 0 Å². The molecular weight excluding hydrogens is 434 g/mol. The summed E-state index contributed by atoms with van der Waals surface area (Å²) < 4.78 is 0. The average Bonchev–Trinajstić information content (AvgIpc) is 3.51. The molecule has 0 atom stereocenters. The maximum absolute atomic E-state index is 13.2. The standard InChI is InChI=1S/C26H25N3OS2/c30-24(29-15-13-28(14-16-29)19-20-8-3-1-4-9-20)18-23-25(22-12-7-17-31-22)27-26(32-23)21-10-5-2-6-11-21/h1-12,17H,13-16,18-19H2. The van der Waals surface area contributed by atoms with Crippen LogP contribution in [0.25, 0.3) is 21.1 Å². The highest BCUT2D eigenvalue weighted by Crippen LogP contribution is 2.36. The fourth-order valence-electron chi connectivity index (χ4n) is 4.03. The lowest BCUT2D eigenvalue weighted by Crippen LogP contribution is -2.48. The second-order valence-electron chi connectivity index (χ2n) is 7.95. The van der Waals surface area contributed by atoms with E-state index in [1.165, 1.54) is 5.56 Å². The maximum Gasteiger partial charge on any atom is 0.227 e. The van der Waals surface area contributed by atoms with Crippen LogP contribution in [0.15, 0.2) is 78.2 Å². The minimum Gasteiger partial charge on any atom is -0.340 e. The summed E-state index contributed by atoms with van der Waals surface area (Å²) >= 11 is 3.32. The second kappa shape index (κ2) is 9.77. The minimum absolute atomic E-state index is 0.199. The van der Waals surface area contributed by atoms with Crippen LogP contribution >= 0.6 is 22.7 Å². The maximum atomic E-state index is 13.2. The molecule has 0 bridgehead atoms. The summed E-state index contributed by atoms with van der Waals surface area (Å²) in [6, 6.07) is 24.9. The predicted octanol–water partition coefficient (Wildman–Crippen LogP) is 5.43. The van der Waals surface area contributed by atoms with Gasteiger partial charge in [0.2, 0.25) is 5.91 Å². The number of thiophene rings is 1. The van der Waals surface area contributed by atoms with Gasteiger partial charge in [-0.2, -0.15) is 0 Å². The topological polar surface area (TPSA) is 36.4 Å². The van der Waals surface area contributed by atoms with Crippen molar-refractivity contribution in [2.24, 2.45) is 0 Å². The first-order valence-electron chi connectivity index (χ1n) is 10.9. The van der Waals surface area contributed by atoms with Crippen LogP contribution < -0.4 is 0 Å². The van der Waals surface area contributed by atoms with E-state index in [1.54, 1.807) is 22.7 Å². The molecule has 1 aliphatic heterocycles. The number of carbonyl (C=O) groups is 1. The quantitative estimate of drug-likeness (QED) is 0.386. The smallest absolute Gasteiger partial charge is 0.227 e. The van der Waals surface area contributed by atoms with Gasteiger partial charge >= 0.3 is 0 Å². The summed E-state index contributed by atoms with van der Waals surface area (Å²) in [7, 11) is 0. The lowest BCUT2D eigenvalue weighted by molar-refractivity contribution is -0.132. The molecule has 4 nitrogen and oxygen atoms in total. The van der Waals surface area contributed by atoms with Crippen LogP contribution in [0.2, 0.25) is 0 Å². The molecule has 1 amide bonds. The molecule has 1 fully saturated rings. The third kappa shape index (κ3) is 4.83. The van der Waals surface area contributed by atoms with Gasteiger partial charge in [0, 0.05) is 43.2 Å². The van der Waals surface area contributed by atoms with Crippen molar-refractivity contribution in [2.75, 3.05) is 26.2 Å². The Bertz CT molecular complexity index is 1150. The van der Waals surface area contributed by atoms with Gasteiger partial charge in [0.05, 0.1) is 17.0 Å². The number of carbonyl (C=O) groups excluding carboxylic acids is 1. The Morgan fingerprint density at radius 3 is 2.28 bits per heavy atom. The average molecular weight is 460 g/mol. The fraction of sp³-hybridized carbons (Fsp3) is 0.231. The van der Waals surface area contributed by atoms with Crippen LogP contribution in [0.1, 0.15) is 10.4 Å². The Labute approximate surface area is 196 Å². The zero-order valence-corrected chi connectivity index (χ0v) is 19.4. The lowest BCUT2D eigenvalue weighted by atomic mass is 10.2. The first kappa shape index (κ1) is 21.1. The lowest BCUT2D eigenvalue weighted by Gasteiger charge is -2.34. The SMILES string of the molecule is O=C(Cc1sc(-c2ccccc2)nc1-c1cccs1)N1CCN(Cc2ccccc2)CC1. The molecule has 3 heterocycles. The van der Waals surface area contributed by atoms with E-state index in [2.05, 4.69) is 52.7 Å². The van der Waals surface area contributed by atoms with Crippen molar-refractivity contribution < 1.29 is 4.79 Å². The molecular formula is C26H25N3OS2. The van der Waals surface area contributed by atoms with Gasteiger partial charge in [-0.25, -0.2) is 4.98 Å². The van der Waals surface area contributed by atoms with Gasteiger partial charge in [-0.1, -0.05) is 66.7 Å². The zero-order chi connectivity index (χ0) is 21.8. The van der Waals surface area contributed by atoms with E-state index in [0.29, 0.717) is 6.42 Å². The summed E-state index contributed by atoms with van der Waals surface area (Å²) in [6.07, 6.45) is 0.413. The van der Waals surface area contributed by atoms with Crippen molar-refractivity contribution in [3.8, 4) is 21.1 Å². The van der Waals surface area contributed by atoms with E-state index in [9.17, 15) is 4.79 Å². The number of rotatable bonds is 6. The van der Waals surface area contributed by atoms with Crippen molar-refractivity contribution in [1.29, 1.82) is 0 Å². The van der Waals surface area contributed by atoms with Gasteiger partial charge in [0.25, 0.3) is 0 Å². The number of amides is 1. The minimum atomic E-state index is 0.199. The molecule has 162 valence electrons. The van der Waals surface area contributed by atoms with Crippen LogP contribution in [0, 0.1) is 0 Å². The number of benzene rings is 2. The molecule has 5 rings (SSSR count). The van der Waals surface area contributed by atoms with E-state index in [1.807, 2.05) is 35.2 Å². The van der Waals surface area contributed by atoms with Crippen molar-refractivity contribution in [3.63, 3.8) is 0 Å². The Morgan fingerprint density at radius 1 is 0.875 bits per heavy atom. The van der Waals surface area contributed by atoms with Gasteiger partial charge in [-0.15, -0.1) is 22.7 Å². The van der Waals surface area contributed by atoms with Crippen molar-refractivity contribution >= 4 is 28.6 Å². The van der Waals surface area contributed by atoms with Gasteiger partial charge in [0.1, 0.15) is 5.01 Å². The van der Waals surface area contributed by atoms with E-state index in [0.717, 1.165) is 58.7 Å². The third-order valence-electron chi connectivity index (χ3n) is 5.76. The fourth-order valence-corrected chi connectivity index (χ4v) is 5.91. The van der Waals surface area contributed by atoms with Gasteiger partial charge in [-0.05, 0) is 17.0 Å². The predicted molar refractivity (Wildman–Crippen MR) is 133 cm³/mol. The number of hydrogen-bond donors (Lipinski definition) is 0. The molecule has 0 radical (unpaired) electrons. The molecule has 2 aromatic heterocycles. The number of hydrogen-bond acceptors (Lipinski definition) is 5. The Hall–Kier alpha value is -2.80. The summed E-state index contributed by atoms with van der Waals surface area (Å²) in [5.74, 6) is 0.199. The highest BCUT2D eigenvalue weighted by molar-refractivity contribution is 7.17. The molecule has 1 saturated heterocycles. The van der Waals surface area contributed by atoms with Gasteiger partial charge in [-0.3, -0.25) is 9.69 Å². The summed E-state index contributed by atoms with van der Waals surface area (Å²) in [5.41, 5.74) is 3.38. The monoisotopic (exact) mass is 459 g/mol. The number of thiazole rings is 1. The summed E-state index contributed by atoms with van der Waals surface area (Å²) in [6.45, 7) is 4.34. The van der Waals surface area contributed by atoms with E-state index in [-0.39, 0.29) is 5.91 Å². The molecule has 6 heteroatoms. The van der Waals surface area contributed by atoms with Crippen molar-refractivity contribution in [2.45, 2.75) is 13.0 Å². The molecule has 32 heavy (non-hydrogen) atoms. The largest absolute Gasteiger partial charge is 0.340 e. The van der Waals surface area contributed by atoms with E-state index >= 15 is 0 Å². The van der Waals surface area contributed by atoms with Crippen LogP contribution in [0.5, 0.6) is 0 Å². The van der Waals surface area contributed by atoms with E-state index in [4.69, 9.17) is 4.98 Å². The molecule has 0 unspecified atom stereocenters. The second-order valence-corrected chi connectivity index (χ2v) is 9.98. The number of piperazine rings is 1. The summed E-state index contributed by atoms with van der Waals surface area (Å²) in [4.78, 5) is 24.7. The molecule has 4 aromatic rings. The molecule has 1 aliphatic rings. The normalized spacial score (nSPS) is 14.6. The Morgan fingerprint density at radius 2 is 1.59 bits per heavy atom. The van der Waals surface area contributed by atoms with Gasteiger partial charge < -0.3 is 4.90 Å².